The van der Waals surface area contributed by atoms with Crippen LogP contribution in [0.1, 0.15) is 31.2 Å². The van der Waals surface area contributed by atoms with E-state index in [-0.39, 0.29) is 6.61 Å². The number of para-hydroxylation sites is 1. The molecule has 1 aromatic carbocycles. The van der Waals surface area contributed by atoms with Crippen LogP contribution in [0.2, 0.25) is 0 Å². The lowest BCUT2D eigenvalue weighted by molar-refractivity contribution is 0.152. The van der Waals surface area contributed by atoms with Gasteiger partial charge in [-0.1, -0.05) is 43.7 Å². The molecule has 0 saturated heterocycles. The molecule has 0 spiro atoms. The minimum absolute atomic E-state index is 0.284. The van der Waals surface area contributed by atoms with Crippen molar-refractivity contribution in [2.75, 3.05) is 13.2 Å². The number of aliphatic hydroxyl groups is 1. The van der Waals surface area contributed by atoms with Gasteiger partial charge >= 0.3 is 0 Å². The van der Waals surface area contributed by atoms with Crippen molar-refractivity contribution in [3.8, 4) is 5.75 Å². The largest absolute Gasteiger partial charge is 0.489 e. The Bertz CT molecular complexity index is 419. The fourth-order valence-electron chi connectivity index (χ4n) is 2.88. The van der Waals surface area contributed by atoms with Gasteiger partial charge in [0.2, 0.25) is 0 Å². The third-order valence-corrected chi connectivity index (χ3v) is 4.03. The Hall–Kier alpha value is -1.32. The van der Waals surface area contributed by atoms with Crippen molar-refractivity contribution in [2.24, 2.45) is 5.92 Å². The van der Waals surface area contributed by atoms with Crippen LogP contribution in [0.15, 0.2) is 36.9 Å². The molecular formula is C17H25NO2. The fraction of sp³-hybridized carbons (Fsp3) is 0.529. The number of aliphatic hydroxyl groups excluding tert-OH is 1. The SMILES string of the molecule is C=CCOc1ccccc1CNC1CCCCC1CO. The Morgan fingerprint density at radius 1 is 1.30 bits per heavy atom. The minimum atomic E-state index is 0.284. The molecule has 3 heteroatoms. The highest BCUT2D eigenvalue weighted by Crippen LogP contribution is 2.25. The quantitative estimate of drug-likeness (QED) is 0.752. The first kappa shape index (κ1) is 15.1. The Kier molecular flexibility index (Phi) is 6.09. The Morgan fingerprint density at radius 3 is 2.90 bits per heavy atom. The molecule has 1 aromatic rings. The van der Waals surface area contributed by atoms with Gasteiger partial charge in [-0.05, 0) is 24.8 Å². The van der Waals surface area contributed by atoms with Crippen LogP contribution in [0.3, 0.4) is 0 Å². The normalized spacial score (nSPS) is 22.4. The van der Waals surface area contributed by atoms with Crippen LogP contribution < -0.4 is 10.1 Å². The average Bonchev–Trinajstić information content (AvgIpc) is 2.52. The number of hydrogen-bond donors (Lipinski definition) is 2. The molecule has 1 saturated carbocycles. The fourth-order valence-corrected chi connectivity index (χ4v) is 2.88. The summed E-state index contributed by atoms with van der Waals surface area (Å²) in [5, 5.41) is 13.0. The summed E-state index contributed by atoms with van der Waals surface area (Å²) in [6.45, 7) is 5.28. The minimum Gasteiger partial charge on any atom is -0.489 e. The highest BCUT2D eigenvalue weighted by molar-refractivity contribution is 5.33. The zero-order chi connectivity index (χ0) is 14.2. The second kappa shape index (κ2) is 8.08. The molecule has 2 N–H and O–H groups in total. The number of benzene rings is 1. The van der Waals surface area contributed by atoms with Crippen LogP contribution >= 0.6 is 0 Å². The summed E-state index contributed by atoms with van der Waals surface area (Å²) in [6.07, 6.45) is 6.53. The van der Waals surface area contributed by atoms with Gasteiger partial charge in [0.25, 0.3) is 0 Å². The maximum absolute atomic E-state index is 9.45. The second-order valence-corrected chi connectivity index (χ2v) is 5.42. The molecular weight excluding hydrogens is 250 g/mol. The third-order valence-electron chi connectivity index (χ3n) is 4.03. The molecule has 0 bridgehead atoms. The molecule has 0 amide bonds. The summed E-state index contributed by atoms with van der Waals surface area (Å²) in [5.74, 6) is 1.31. The van der Waals surface area contributed by atoms with Crippen LogP contribution in [0.5, 0.6) is 5.75 Å². The van der Waals surface area contributed by atoms with Crippen molar-refractivity contribution in [2.45, 2.75) is 38.3 Å². The number of rotatable bonds is 7. The molecule has 20 heavy (non-hydrogen) atoms. The van der Waals surface area contributed by atoms with E-state index in [9.17, 15) is 5.11 Å². The topological polar surface area (TPSA) is 41.5 Å². The van der Waals surface area contributed by atoms with E-state index < -0.39 is 0 Å². The lowest BCUT2D eigenvalue weighted by Gasteiger charge is -2.31. The molecule has 110 valence electrons. The maximum Gasteiger partial charge on any atom is 0.124 e. The van der Waals surface area contributed by atoms with Crippen LogP contribution in [0.25, 0.3) is 0 Å². The summed E-state index contributed by atoms with van der Waals surface area (Å²) in [5.41, 5.74) is 1.16. The van der Waals surface area contributed by atoms with Crippen LogP contribution in [0, 0.1) is 5.92 Å². The van der Waals surface area contributed by atoms with Crippen molar-refractivity contribution < 1.29 is 9.84 Å². The van der Waals surface area contributed by atoms with E-state index in [1.54, 1.807) is 6.08 Å². The zero-order valence-corrected chi connectivity index (χ0v) is 12.1. The number of ether oxygens (including phenoxy) is 1. The van der Waals surface area contributed by atoms with Crippen LogP contribution in [0.4, 0.5) is 0 Å². The summed E-state index contributed by atoms with van der Waals surface area (Å²) in [6, 6.07) is 8.51. The molecule has 2 atom stereocenters. The molecule has 0 aromatic heterocycles. The predicted octanol–water partition coefficient (Wildman–Crippen LogP) is 2.89. The van der Waals surface area contributed by atoms with Gasteiger partial charge in [0.1, 0.15) is 12.4 Å². The van der Waals surface area contributed by atoms with E-state index in [4.69, 9.17) is 4.74 Å². The van der Waals surface area contributed by atoms with Gasteiger partial charge in [0.15, 0.2) is 0 Å². The lowest BCUT2D eigenvalue weighted by Crippen LogP contribution is -2.39. The zero-order valence-electron chi connectivity index (χ0n) is 12.1. The van der Waals surface area contributed by atoms with E-state index in [2.05, 4.69) is 18.0 Å². The van der Waals surface area contributed by atoms with Gasteiger partial charge in [-0.3, -0.25) is 0 Å². The molecule has 0 radical (unpaired) electrons. The van der Waals surface area contributed by atoms with Gasteiger partial charge in [0, 0.05) is 24.8 Å². The highest BCUT2D eigenvalue weighted by Gasteiger charge is 2.23. The molecule has 1 aliphatic carbocycles. The molecule has 2 unspecified atom stereocenters. The van der Waals surface area contributed by atoms with Crippen molar-refractivity contribution >= 4 is 0 Å². The maximum atomic E-state index is 9.45. The van der Waals surface area contributed by atoms with Crippen molar-refractivity contribution in [1.82, 2.24) is 5.32 Å². The standard InChI is InChI=1S/C17H25NO2/c1-2-11-20-17-10-6-4-7-14(17)12-18-16-9-5-3-8-15(16)13-19/h2,4,6-7,10,15-16,18-19H,1,3,5,8-9,11-13H2. The van der Waals surface area contributed by atoms with Gasteiger partial charge < -0.3 is 15.2 Å². The van der Waals surface area contributed by atoms with Crippen molar-refractivity contribution in [3.63, 3.8) is 0 Å². The monoisotopic (exact) mass is 275 g/mol. The summed E-state index contributed by atoms with van der Waals surface area (Å²) >= 11 is 0. The van der Waals surface area contributed by atoms with Crippen molar-refractivity contribution in [1.29, 1.82) is 0 Å². The van der Waals surface area contributed by atoms with Crippen LogP contribution in [-0.4, -0.2) is 24.4 Å². The molecule has 2 rings (SSSR count). The highest BCUT2D eigenvalue weighted by atomic mass is 16.5. The Balaban J connectivity index is 1.93. The Morgan fingerprint density at radius 2 is 2.10 bits per heavy atom. The molecule has 0 aliphatic heterocycles. The first-order valence-corrected chi connectivity index (χ1v) is 7.51. The smallest absolute Gasteiger partial charge is 0.124 e. The van der Waals surface area contributed by atoms with Gasteiger partial charge in [0.05, 0.1) is 0 Å². The van der Waals surface area contributed by atoms with E-state index >= 15 is 0 Å². The second-order valence-electron chi connectivity index (χ2n) is 5.42. The van der Waals surface area contributed by atoms with E-state index in [1.807, 2.05) is 18.2 Å². The summed E-state index contributed by atoms with van der Waals surface area (Å²) in [7, 11) is 0. The number of hydrogen-bond acceptors (Lipinski definition) is 3. The summed E-state index contributed by atoms with van der Waals surface area (Å²) < 4.78 is 5.67. The van der Waals surface area contributed by atoms with Crippen LogP contribution in [-0.2, 0) is 6.54 Å². The van der Waals surface area contributed by atoms with E-state index in [1.165, 1.54) is 12.8 Å². The first-order valence-electron chi connectivity index (χ1n) is 7.51. The summed E-state index contributed by atoms with van der Waals surface area (Å²) in [4.78, 5) is 0. The molecule has 1 fully saturated rings. The lowest BCUT2D eigenvalue weighted by atomic mass is 9.85. The first-order chi connectivity index (χ1) is 9.85. The third kappa shape index (κ3) is 4.09. The molecule has 3 nitrogen and oxygen atoms in total. The number of nitrogens with one attached hydrogen (secondary N) is 1. The van der Waals surface area contributed by atoms with Gasteiger partial charge in [-0.2, -0.15) is 0 Å². The van der Waals surface area contributed by atoms with E-state index in [0.29, 0.717) is 18.6 Å². The average molecular weight is 275 g/mol. The van der Waals surface area contributed by atoms with Gasteiger partial charge in [-0.15, -0.1) is 0 Å². The molecule has 0 heterocycles. The van der Waals surface area contributed by atoms with E-state index in [0.717, 1.165) is 30.7 Å². The Labute approximate surface area is 121 Å². The van der Waals surface area contributed by atoms with Gasteiger partial charge in [-0.25, -0.2) is 0 Å². The molecule has 1 aliphatic rings. The predicted molar refractivity (Wildman–Crippen MR) is 81.8 cm³/mol. The van der Waals surface area contributed by atoms with Crippen molar-refractivity contribution in [3.05, 3.63) is 42.5 Å².